The highest BCUT2D eigenvalue weighted by Crippen LogP contribution is 2.12. The summed E-state index contributed by atoms with van der Waals surface area (Å²) >= 11 is 0. The summed E-state index contributed by atoms with van der Waals surface area (Å²) in [4.78, 5) is 13.8. The van der Waals surface area contributed by atoms with E-state index in [-0.39, 0.29) is 31.3 Å². The Hall–Kier alpha value is -2.66. The monoisotopic (exact) mass is 382 g/mol. The third kappa shape index (κ3) is 3.94. The Balaban J connectivity index is 1.70. The van der Waals surface area contributed by atoms with E-state index in [4.69, 9.17) is 15.0 Å². The highest BCUT2D eigenvalue weighted by Gasteiger charge is 2.37. The van der Waals surface area contributed by atoms with Crippen molar-refractivity contribution in [3.05, 3.63) is 36.0 Å². The summed E-state index contributed by atoms with van der Waals surface area (Å²) in [6, 6.07) is 8.92. The van der Waals surface area contributed by atoms with Crippen LogP contribution >= 0.6 is 0 Å². The maximum atomic E-state index is 12.5. The number of para-hydroxylation sites is 1. The highest BCUT2D eigenvalue weighted by molar-refractivity contribution is 7.88. The molecule has 1 aliphatic heterocycles. The number of hydrogen-bond acceptors (Lipinski definition) is 8. The van der Waals surface area contributed by atoms with Crippen molar-refractivity contribution in [2.75, 3.05) is 49.8 Å². The van der Waals surface area contributed by atoms with Gasteiger partial charge in [0.15, 0.2) is 6.61 Å². The predicted octanol–water partition coefficient (Wildman–Crippen LogP) is -0.981. The van der Waals surface area contributed by atoms with E-state index in [1.165, 1.54) is 15.4 Å². The number of benzene rings is 1. The number of nitrogens with two attached hydrogens (primary N) is 1. The molecule has 2 N–H and O–H groups in total. The molecule has 1 aliphatic rings. The van der Waals surface area contributed by atoms with E-state index in [0.29, 0.717) is 18.8 Å². The minimum Gasteiger partial charge on any atom is -0.485 e. The molecule has 2 heterocycles. The zero-order valence-corrected chi connectivity index (χ0v) is 15.1. The maximum absolute atomic E-state index is 12.5. The molecule has 0 unspecified atom stereocenters. The molecule has 0 aliphatic carbocycles. The molecule has 0 bridgehead atoms. The Labute approximate surface area is 150 Å². The number of nitrogen functional groups attached to an aromatic ring is 1. The third-order valence-corrected chi connectivity index (χ3v) is 5.28. The molecule has 0 amide bonds. The summed E-state index contributed by atoms with van der Waals surface area (Å²) in [7, 11) is -3.25. The van der Waals surface area contributed by atoms with E-state index >= 15 is 0 Å². The number of carbonyl (C=O) groups excluding carboxylic acids is 1. The summed E-state index contributed by atoms with van der Waals surface area (Å²) in [6.07, 6.45) is 1.17. The number of sulfonamides is 1. The van der Waals surface area contributed by atoms with Gasteiger partial charge in [0.25, 0.3) is 5.78 Å². The van der Waals surface area contributed by atoms with Crippen molar-refractivity contribution in [3.63, 3.8) is 0 Å². The van der Waals surface area contributed by atoms with Gasteiger partial charge in [0.05, 0.1) is 24.1 Å². The second-order valence-corrected chi connectivity index (χ2v) is 7.80. The van der Waals surface area contributed by atoms with Crippen LogP contribution in [0.15, 0.2) is 34.9 Å². The third-order valence-electron chi connectivity index (χ3n) is 3.98. The van der Waals surface area contributed by atoms with Crippen LogP contribution in [0.2, 0.25) is 0 Å². The molecule has 1 saturated heterocycles. The van der Waals surface area contributed by atoms with E-state index < -0.39 is 15.8 Å². The lowest BCUT2D eigenvalue weighted by molar-refractivity contribution is -0.760. The first-order valence-corrected chi connectivity index (χ1v) is 9.80. The fraction of sp³-hybridized carbons (Fsp3) is 0.400. The fourth-order valence-corrected chi connectivity index (χ4v) is 3.47. The summed E-state index contributed by atoms with van der Waals surface area (Å²) in [6.45, 7) is 1.05. The minimum atomic E-state index is -3.25. The number of aromatic nitrogens is 2. The molecule has 140 valence electrons. The average molecular weight is 382 g/mol. The molecule has 1 fully saturated rings. The number of Topliss-reactive ketones (excluding diaryl/α,β-unsaturated/α-hetero) is 1. The quantitative estimate of drug-likeness (QED) is 0.500. The van der Waals surface area contributed by atoms with Gasteiger partial charge in [-0.25, -0.2) is 8.42 Å². The van der Waals surface area contributed by atoms with Crippen LogP contribution in [0, 0.1) is 0 Å². The molecular weight excluding hydrogens is 362 g/mol. The Kier molecular flexibility index (Phi) is 5.09. The van der Waals surface area contributed by atoms with Gasteiger partial charge in [0.1, 0.15) is 5.75 Å². The normalized spacial score (nSPS) is 15.8. The zero-order chi connectivity index (χ0) is 18.7. The second-order valence-electron chi connectivity index (χ2n) is 5.82. The summed E-state index contributed by atoms with van der Waals surface area (Å²) in [5.74, 6) is 0.0551. The summed E-state index contributed by atoms with van der Waals surface area (Å²) in [5.41, 5.74) is 5.83. The lowest BCUT2D eigenvalue weighted by Gasteiger charge is -2.28. The first-order valence-electron chi connectivity index (χ1n) is 7.95. The number of ether oxygens (including phenoxy) is 1. The van der Waals surface area contributed by atoms with Crippen molar-refractivity contribution in [2.24, 2.45) is 0 Å². The Morgan fingerprint density at radius 1 is 1.27 bits per heavy atom. The van der Waals surface area contributed by atoms with Crippen molar-refractivity contribution >= 4 is 21.7 Å². The van der Waals surface area contributed by atoms with E-state index in [1.807, 2.05) is 6.07 Å². The van der Waals surface area contributed by atoms with Gasteiger partial charge in [-0.15, -0.1) is 5.01 Å². The Morgan fingerprint density at radius 2 is 1.92 bits per heavy atom. The van der Waals surface area contributed by atoms with Gasteiger partial charge >= 0.3 is 11.6 Å². The number of carbonyl (C=O) groups is 1. The van der Waals surface area contributed by atoms with E-state index in [9.17, 15) is 13.2 Å². The van der Waals surface area contributed by atoms with Crippen LogP contribution in [-0.4, -0.2) is 62.8 Å². The SMILES string of the molecule is CS(=O)(=O)N1CCN([n+]2noc(N)c2C(=O)COc2ccccc2)CC1. The van der Waals surface area contributed by atoms with Crippen LogP contribution in [0.3, 0.4) is 0 Å². The average Bonchev–Trinajstić information content (AvgIpc) is 3.01. The molecule has 10 nitrogen and oxygen atoms in total. The highest BCUT2D eigenvalue weighted by atomic mass is 32.2. The van der Waals surface area contributed by atoms with Crippen LogP contribution < -0.4 is 20.3 Å². The standard InChI is InChI=1S/C15H19N5O5S/c1-26(22,23)19-9-7-18(8-10-19)20-14(15(16)25-17-20)13(21)11-24-12-5-3-2-4-6-12/h2-6H,7-11H2,1H3,(H-,16,17,21)/p+1. The van der Waals surface area contributed by atoms with Gasteiger partial charge in [0, 0.05) is 13.1 Å². The van der Waals surface area contributed by atoms with E-state index in [2.05, 4.69) is 5.27 Å². The fourth-order valence-electron chi connectivity index (χ4n) is 2.64. The van der Waals surface area contributed by atoms with E-state index in [1.54, 1.807) is 29.3 Å². The van der Waals surface area contributed by atoms with Crippen LogP contribution in [0.5, 0.6) is 5.75 Å². The van der Waals surface area contributed by atoms with Crippen LogP contribution in [0.25, 0.3) is 0 Å². The van der Waals surface area contributed by atoms with Crippen molar-refractivity contribution in [1.29, 1.82) is 0 Å². The minimum absolute atomic E-state index is 0.0775. The first-order chi connectivity index (χ1) is 12.4. The van der Waals surface area contributed by atoms with Gasteiger partial charge < -0.3 is 10.5 Å². The molecule has 3 rings (SSSR count). The summed E-state index contributed by atoms with van der Waals surface area (Å²) < 4.78 is 35.0. The zero-order valence-electron chi connectivity index (χ0n) is 14.2. The molecule has 1 aromatic heterocycles. The van der Waals surface area contributed by atoms with Crippen molar-refractivity contribution in [3.8, 4) is 5.75 Å². The number of hydrogen-bond donors (Lipinski definition) is 1. The number of nitrogens with zero attached hydrogens (tertiary/aromatic N) is 4. The lowest BCUT2D eigenvalue weighted by Crippen LogP contribution is -2.68. The van der Waals surface area contributed by atoms with Gasteiger partial charge in [-0.05, 0) is 12.1 Å². The maximum Gasteiger partial charge on any atom is 0.377 e. The molecule has 1 aromatic carbocycles. The van der Waals surface area contributed by atoms with Crippen LogP contribution in [0.4, 0.5) is 5.88 Å². The second kappa shape index (κ2) is 7.30. The van der Waals surface area contributed by atoms with Crippen molar-refractivity contribution in [2.45, 2.75) is 0 Å². The molecule has 0 saturated carbocycles. The summed E-state index contributed by atoms with van der Waals surface area (Å²) in [5, 5.41) is 5.51. The van der Waals surface area contributed by atoms with Crippen LogP contribution in [0.1, 0.15) is 10.5 Å². The molecule has 26 heavy (non-hydrogen) atoms. The molecular formula is C15H20N5O5S+. The van der Waals surface area contributed by atoms with Crippen molar-refractivity contribution in [1.82, 2.24) is 9.58 Å². The van der Waals surface area contributed by atoms with Crippen LogP contribution in [-0.2, 0) is 10.0 Å². The van der Waals surface area contributed by atoms with Gasteiger partial charge in [0.2, 0.25) is 15.3 Å². The smallest absolute Gasteiger partial charge is 0.377 e. The molecule has 0 spiro atoms. The van der Waals surface area contributed by atoms with Gasteiger partial charge in [-0.3, -0.25) is 9.32 Å². The molecule has 2 aromatic rings. The Morgan fingerprint density at radius 3 is 2.54 bits per heavy atom. The van der Waals surface area contributed by atoms with Gasteiger partial charge in [-0.2, -0.15) is 4.31 Å². The molecule has 11 heteroatoms. The van der Waals surface area contributed by atoms with Crippen molar-refractivity contribution < 1.29 is 27.3 Å². The Bertz CT molecular complexity index is 875. The number of piperazine rings is 1. The molecule has 0 radical (unpaired) electrons. The number of anilines is 1. The number of rotatable bonds is 6. The van der Waals surface area contributed by atoms with E-state index in [0.717, 1.165) is 0 Å². The first kappa shape index (κ1) is 18.1. The number of ketones is 1. The largest absolute Gasteiger partial charge is 0.485 e. The predicted molar refractivity (Wildman–Crippen MR) is 91.7 cm³/mol. The molecule has 0 atom stereocenters. The lowest BCUT2D eigenvalue weighted by atomic mass is 10.3. The topological polar surface area (TPSA) is 123 Å². The van der Waals surface area contributed by atoms with Gasteiger partial charge in [-0.1, -0.05) is 18.2 Å².